The van der Waals surface area contributed by atoms with E-state index in [1.165, 1.54) is 5.57 Å². The van der Waals surface area contributed by atoms with Crippen LogP contribution in [0.15, 0.2) is 24.3 Å². The zero-order valence-electron chi connectivity index (χ0n) is 11.8. The first-order valence-corrected chi connectivity index (χ1v) is 6.79. The molecule has 3 atom stereocenters. The standard InChI is InChI=1S/C16H24O2/c1-10-6-7-15(18-5)11(2)14(17)8-13-12(10)9-16(13,3)4/h12-13,15H,1-2,6-9H2,3-5H3/t12-,13+,15-/m0/s1. The first-order valence-electron chi connectivity index (χ1n) is 6.79. The van der Waals surface area contributed by atoms with Crippen molar-refractivity contribution in [3.63, 3.8) is 0 Å². The van der Waals surface area contributed by atoms with E-state index in [2.05, 4.69) is 27.0 Å². The van der Waals surface area contributed by atoms with Crippen LogP contribution in [0.1, 0.15) is 39.5 Å². The maximum atomic E-state index is 12.3. The van der Waals surface area contributed by atoms with E-state index in [9.17, 15) is 4.79 Å². The number of rotatable bonds is 1. The Kier molecular flexibility index (Phi) is 3.50. The highest BCUT2D eigenvalue weighted by Gasteiger charge is 2.49. The van der Waals surface area contributed by atoms with Gasteiger partial charge in [0.05, 0.1) is 6.10 Å². The Morgan fingerprint density at radius 3 is 2.56 bits per heavy atom. The molecule has 2 aliphatic carbocycles. The van der Waals surface area contributed by atoms with Gasteiger partial charge in [-0.2, -0.15) is 0 Å². The molecule has 0 amide bonds. The van der Waals surface area contributed by atoms with Crippen molar-refractivity contribution >= 4 is 5.78 Å². The third-order valence-corrected chi connectivity index (χ3v) is 4.92. The second-order valence-electron chi connectivity index (χ2n) is 6.48. The predicted molar refractivity (Wildman–Crippen MR) is 73.3 cm³/mol. The van der Waals surface area contributed by atoms with Gasteiger partial charge in [0.1, 0.15) is 0 Å². The van der Waals surface area contributed by atoms with Crippen molar-refractivity contribution in [2.45, 2.75) is 45.6 Å². The van der Waals surface area contributed by atoms with E-state index in [0.717, 1.165) is 19.3 Å². The lowest BCUT2D eigenvalue weighted by Crippen LogP contribution is -2.45. The molecule has 0 heterocycles. The van der Waals surface area contributed by atoms with Crippen molar-refractivity contribution in [2.75, 3.05) is 7.11 Å². The predicted octanol–water partition coefficient (Wildman–Crippen LogP) is 3.53. The van der Waals surface area contributed by atoms with Crippen molar-refractivity contribution in [3.8, 4) is 0 Å². The van der Waals surface area contributed by atoms with Crippen LogP contribution in [0.4, 0.5) is 0 Å². The molecular formula is C16H24O2. The normalized spacial score (nSPS) is 36.2. The molecule has 0 radical (unpaired) electrons. The lowest BCUT2D eigenvalue weighted by molar-refractivity contribution is -0.121. The lowest BCUT2D eigenvalue weighted by atomic mass is 9.52. The number of hydrogen-bond donors (Lipinski definition) is 0. The number of Topliss-reactive ketones (excluding diaryl/α,β-unsaturated/α-hetero) is 1. The largest absolute Gasteiger partial charge is 0.377 e. The molecular weight excluding hydrogens is 224 g/mol. The summed E-state index contributed by atoms with van der Waals surface area (Å²) in [5, 5.41) is 0. The van der Waals surface area contributed by atoms with Crippen LogP contribution in [-0.4, -0.2) is 19.0 Å². The molecule has 18 heavy (non-hydrogen) atoms. The molecule has 0 bridgehead atoms. The van der Waals surface area contributed by atoms with Gasteiger partial charge in [-0.05, 0) is 36.5 Å². The number of carbonyl (C=O) groups is 1. The third-order valence-electron chi connectivity index (χ3n) is 4.92. The van der Waals surface area contributed by atoms with E-state index in [0.29, 0.717) is 23.8 Å². The van der Waals surface area contributed by atoms with Gasteiger partial charge in [-0.3, -0.25) is 4.79 Å². The molecule has 0 N–H and O–H groups in total. The number of carbonyl (C=O) groups excluding carboxylic acids is 1. The van der Waals surface area contributed by atoms with Crippen LogP contribution in [0.25, 0.3) is 0 Å². The molecule has 2 fully saturated rings. The minimum atomic E-state index is -0.130. The van der Waals surface area contributed by atoms with Crippen LogP contribution in [0, 0.1) is 17.3 Å². The van der Waals surface area contributed by atoms with Crippen molar-refractivity contribution in [3.05, 3.63) is 24.3 Å². The van der Waals surface area contributed by atoms with Gasteiger partial charge in [0.25, 0.3) is 0 Å². The van der Waals surface area contributed by atoms with Crippen molar-refractivity contribution < 1.29 is 9.53 Å². The molecule has 0 spiro atoms. The molecule has 2 nitrogen and oxygen atoms in total. The first kappa shape index (κ1) is 13.5. The van der Waals surface area contributed by atoms with Gasteiger partial charge in [0.2, 0.25) is 0 Å². The summed E-state index contributed by atoms with van der Waals surface area (Å²) in [7, 11) is 1.66. The van der Waals surface area contributed by atoms with Gasteiger partial charge in [-0.1, -0.05) is 32.6 Å². The molecule has 100 valence electrons. The molecule has 2 aliphatic rings. The highest BCUT2D eigenvalue weighted by Crippen LogP contribution is 2.56. The molecule has 2 heteroatoms. The SMILES string of the molecule is C=C1C(=O)C[C@@H]2[C@@H](CC2(C)C)C(=C)CC[C@@H]1OC. The summed E-state index contributed by atoms with van der Waals surface area (Å²) in [5.74, 6) is 1.14. The van der Waals surface area contributed by atoms with E-state index >= 15 is 0 Å². The maximum Gasteiger partial charge on any atom is 0.161 e. The average Bonchev–Trinajstić information content (AvgIpc) is 2.35. The Bertz CT molecular complexity index is 392. The second kappa shape index (κ2) is 4.65. The Hall–Kier alpha value is -0.890. The van der Waals surface area contributed by atoms with Gasteiger partial charge in [-0.15, -0.1) is 0 Å². The van der Waals surface area contributed by atoms with Gasteiger partial charge >= 0.3 is 0 Å². The van der Waals surface area contributed by atoms with E-state index in [-0.39, 0.29) is 17.3 Å². The first-order chi connectivity index (χ1) is 8.36. The van der Waals surface area contributed by atoms with Crippen LogP contribution in [-0.2, 0) is 9.53 Å². The van der Waals surface area contributed by atoms with Gasteiger partial charge < -0.3 is 4.74 Å². The average molecular weight is 248 g/mol. The summed E-state index contributed by atoms with van der Waals surface area (Å²) in [6, 6.07) is 0. The summed E-state index contributed by atoms with van der Waals surface area (Å²) in [5.41, 5.74) is 2.20. The minimum absolute atomic E-state index is 0.130. The van der Waals surface area contributed by atoms with Crippen molar-refractivity contribution in [1.82, 2.24) is 0 Å². The minimum Gasteiger partial charge on any atom is -0.377 e. The molecule has 0 unspecified atom stereocenters. The fraction of sp³-hybridized carbons (Fsp3) is 0.688. The number of methoxy groups -OCH3 is 1. The second-order valence-corrected chi connectivity index (χ2v) is 6.48. The quantitative estimate of drug-likeness (QED) is 0.524. The van der Waals surface area contributed by atoms with Crippen LogP contribution in [0.5, 0.6) is 0 Å². The smallest absolute Gasteiger partial charge is 0.161 e. The zero-order valence-corrected chi connectivity index (χ0v) is 11.8. The van der Waals surface area contributed by atoms with Gasteiger partial charge in [0, 0.05) is 19.1 Å². The van der Waals surface area contributed by atoms with Gasteiger partial charge in [0.15, 0.2) is 5.78 Å². The lowest BCUT2D eigenvalue weighted by Gasteiger charge is -2.52. The van der Waals surface area contributed by atoms with E-state index in [1.807, 2.05) is 0 Å². The molecule has 0 saturated heterocycles. The van der Waals surface area contributed by atoms with Crippen LogP contribution in [0.2, 0.25) is 0 Å². The summed E-state index contributed by atoms with van der Waals surface area (Å²) >= 11 is 0. The number of fused-ring (bicyclic) bond motifs is 1. The number of ketones is 1. The molecule has 2 saturated carbocycles. The number of allylic oxidation sites excluding steroid dienone is 1. The van der Waals surface area contributed by atoms with Crippen LogP contribution in [0.3, 0.4) is 0 Å². The monoisotopic (exact) mass is 248 g/mol. The van der Waals surface area contributed by atoms with E-state index < -0.39 is 0 Å². The van der Waals surface area contributed by atoms with Crippen LogP contribution < -0.4 is 0 Å². The molecule has 0 aromatic heterocycles. The Labute approximate surface area is 110 Å². The summed E-state index contributed by atoms with van der Waals surface area (Å²) in [4.78, 5) is 12.3. The third kappa shape index (κ3) is 2.18. The number of hydrogen-bond acceptors (Lipinski definition) is 2. The summed E-state index contributed by atoms with van der Waals surface area (Å²) in [6.45, 7) is 12.7. The number of ether oxygens (including phenoxy) is 1. The topological polar surface area (TPSA) is 26.3 Å². The zero-order chi connectivity index (χ0) is 13.5. The fourth-order valence-electron chi connectivity index (χ4n) is 3.54. The molecule has 0 aromatic rings. The fourth-order valence-corrected chi connectivity index (χ4v) is 3.54. The summed E-state index contributed by atoms with van der Waals surface area (Å²) in [6.07, 6.45) is 3.42. The van der Waals surface area contributed by atoms with E-state index in [1.54, 1.807) is 7.11 Å². The molecule has 0 aliphatic heterocycles. The van der Waals surface area contributed by atoms with E-state index in [4.69, 9.17) is 4.74 Å². The highest BCUT2D eigenvalue weighted by atomic mass is 16.5. The Morgan fingerprint density at radius 1 is 1.33 bits per heavy atom. The Morgan fingerprint density at radius 2 is 2.00 bits per heavy atom. The maximum absolute atomic E-state index is 12.3. The highest BCUT2D eigenvalue weighted by molar-refractivity contribution is 5.96. The van der Waals surface area contributed by atoms with Crippen molar-refractivity contribution in [1.29, 1.82) is 0 Å². The summed E-state index contributed by atoms with van der Waals surface area (Å²) < 4.78 is 5.39. The molecule has 2 rings (SSSR count). The molecule has 0 aromatic carbocycles. The Balaban J connectivity index is 2.22. The van der Waals surface area contributed by atoms with Crippen molar-refractivity contribution in [2.24, 2.45) is 17.3 Å². The van der Waals surface area contributed by atoms with Gasteiger partial charge in [-0.25, -0.2) is 0 Å². The van der Waals surface area contributed by atoms with Crippen LogP contribution >= 0.6 is 0 Å².